The van der Waals surface area contributed by atoms with Crippen LogP contribution in [-0.4, -0.2) is 36.3 Å². The molecule has 0 fully saturated rings. The van der Waals surface area contributed by atoms with Crippen LogP contribution in [0.2, 0.25) is 0 Å². The maximum Gasteiger partial charge on any atom is 0.341 e. The highest BCUT2D eigenvalue weighted by molar-refractivity contribution is 5.94. The SMILES string of the molecule is COC(=O)c1cccnc1NCC(C)(C)CO. The molecule has 0 saturated heterocycles. The summed E-state index contributed by atoms with van der Waals surface area (Å²) in [7, 11) is 1.33. The monoisotopic (exact) mass is 238 g/mol. The average molecular weight is 238 g/mol. The minimum Gasteiger partial charge on any atom is -0.465 e. The van der Waals surface area contributed by atoms with Crippen molar-refractivity contribution in [2.45, 2.75) is 13.8 Å². The zero-order valence-electron chi connectivity index (χ0n) is 10.4. The van der Waals surface area contributed by atoms with Gasteiger partial charge in [0.15, 0.2) is 0 Å². The van der Waals surface area contributed by atoms with Crippen LogP contribution in [0, 0.1) is 5.41 Å². The van der Waals surface area contributed by atoms with Crippen LogP contribution in [0.3, 0.4) is 0 Å². The number of rotatable bonds is 5. The summed E-state index contributed by atoms with van der Waals surface area (Å²) in [4.78, 5) is 15.6. The maximum absolute atomic E-state index is 11.5. The van der Waals surface area contributed by atoms with Gasteiger partial charge >= 0.3 is 5.97 Å². The highest BCUT2D eigenvalue weighted by Gasteiger charge is 2.18. The van der Waals surface area contributed by atoms with Crippen molar-refractivity contribution in [2.75, 3.05) is 25.6 Å². The molecule has 1 heterocycles. The van der Waals surface area contributed by atoms with Gasteiger partial charge in [0.25, 0.3) is 0 Å². The Bertz CT molecular complexity index is 391. The molecule has 0 bridgehead atoms. The van der Waals surface area contributed by atoms with E-state index in [1.165, 1.54) is 7.11 Å². The third-order valence-electron chi connectivity index (χ3n) is 2.38. The smallest absolute Gasteiger partial charge is 0.341 e. The first-order chi connectivity index (χ1) is 8.00. The van der Waals surface area contributed by atoms with Gasteiger partial charge in [0, 0.05) is 24.8 Å². The fraction of sp³-hybridized carbons (Fsp3) is 0.500. The maximum atomic E-state index is 11.5. The van der Waals surface area contributed by atoms with Crippen molar-refractivity contribution in [3.8, 4) is 0 Å². The highest BCUT2D eigenvalue weighted by Crippen LogP contribution is 2.17. The lowest BCUT2D eigenvalue weighted by Gasteiger charge is -2.22. The molecule has 1 aromatic heterocycles. The predicted molar refractivity (Wildman–Crippen MR) is 64.9 cm³/mol. The zero-order chi connectivity index (χ0) is 12.9. The van der Waals surface area contributed by atoms with Crippen molar-refractivity contribution in [1.82, 2.24) is 4.98 Å². The van der Waals surface area contributed by atoms with Crippen molar-refractivity contribution >= 4 is 11.8 Å². The van der Waals surface area contributed by atoms with Crippen LogP contribution in [0.15, 0.2) is 18.3 Å². The van der Waals surface area contributed by atoms with Crippen molar-refractivity contribution in [2.24, 2.45) is 5.41 Å². The molecule has 0 radical (unpaired) electrons. The first kappa shape index (κ1) is 13.4. The third kappa shape index (κ3) is 3.71. The number of methoxy groups -OCH3 is 1. The number of anilines is 1. The van der Waals surface area contributed by atoms with Crippen molar-refractivity contribution in [3.05, 3.63) is 23.9 Å². The molecule has 5 nitrogen and oxygen atoms in total. The molecular formula is C12H18N2O3. The van der Waals surface area contributed by atoms with E-state index in [4.69, 9.17) is 5.11 Å². The molecule has 1 rings (SSSR count). The zero-order valence-corrected chi connectivity index (χ0v) is 10.4. The summed E-state index contributed by atoms with van der Waals surface area (Å²) in [5, 5.41) is 12.2. The van der Waals surface area contributed by atoms with Gasteiger partial charge in [-0.15, -0.1) is 0 Å². The Kier molecular flexibility index (Phi) is 4.45. The fourth-order valence-corrected chi connectivity index (χ4v) is 1.20. The molecule has 1 aromatic rings. The second kappa shape index (κ2) is 5.63. The Morgan fingerprint density at radius 2 is 2.29 bits per heavy atom. The summed E-state index contributed by atoms with van der Waals surface area (Å²) in [6.45, 7) is 4.41. The number of aromatic nitrogens is 1. The van der Waals surface area contributed by atoms with E-state index in [9.17, 15) is 4.79 Å². The van der Waals surface area contributed by atoms with Gasteiger partial charge in [-0.1, -0.05) is 13.8 Å². The second-order valence-corrected chi connectivity index (χ2v) is 4.57. The Morgan fingerprint density at radius 3 is 2.88 bits per heavy atom. The average Bonchev–Trinajstić information content (AvgIpc) is 2.36. The van der Waals surface area contributed by atoms with Crippen LogP contribution in [0.25, 0.3) is 0 Å². The molecule has 0 aromatic carbocycles. The van der Waals surface area contributed by atoms with Crippen molar-refractivity contribution < 1.29 is 14.6 Å². The third-order valence-corrected chi connectivity index (χ3v) is 2.38. The quantitative estimate of drug-likeness (QED) is 0.756. The Hall–Kier alpha value is -1.62. The van der Waals surface area contributed by atoms with E-state index >= 15 is 0 Å². The summed E-state index contributed by atoms with van der Waals surface area (Å²) >= 11 is 0. The number of carbonyl (C=O) groups is 1. The van der Waals surface area contributed by atoms with E-state index in [0.29, 0.717) is 17.9 Å². The number of nitrogens with one attached hydrogen (secondary N) is 1. The number of pyridine rings is 1. The lowest BCUT2D eigenvalue weighted by molar-refractivity contribution is 0.0601. The van der Waals surface area contributed by atoms with E-state index in [1.54, 1.807) is 18.3 Å². The molecule has 0 amide bonds. The Labute approximate surface area is 101 Å². The molecule has 5 heteroatoms. The summed E-state index contributed by atoms with van der Waals surface area (Å²) in [6, 6.07) is 3.32. The van der Waals surface area contributed by atoms with Gasteiger partial charge < -0.3 is 15.2 Å². The molecule has 0 unspecified atom stereocenters. The topological polar surface area (TPSA) is 71.5 Å². The number of ether oxygens (including phenoxy) is 1. The Balaban J connectivity index is 2.81. The molecule has 0 aliphatic heterocycles. The minimum atomic E-state index is -0.428. The summed E-state index contributed by atoms with van der Waals surface area (Å²) in [5.74, 6) is 0.0447. The molecule has 0 aliphatic carbocycles. The first-order valence-electron chi connectivity index (χ1n) is 5.38. The van der Waals surface area contributed by atoms with Crippen LogP contribution < -0.4 is 5.32 Å². The Morgan fingerprint density at radius 1 is 1.59 bits per heavy atom. The molecule has 17 heavy (non-hydrogen) atoms. The number of hydrogen-bond acceptors (Lipinski definition) is 5. The van der Waals surface area contributed by atoms with E-state index in [0.717, 1.165) is 0 Å². The number of hydrogen-bond donors (Lipinski definition) is 2. The molecular weight excluding hydrogens is 220 g/mol. The van der Waals surface area contributed by atoms with E-state index < -0.39 is 5.97 Å². The lowest BCUT2D eigenvalue weighted by atomic mass is 9.95. The van der Waals surface area contributed by atoms with Gasteiger partial charge in [0.05, 0.1) is 7.11 Å². The normalized spacial score (nSPS) is 11.1. The van der Waals surface area contributed by atoms with E-state index in [1.807, 2.05) is 13.8 Å². The summed E-state index contributed by atoms with van der Waals surface area (Å²) in [5.41, 5.74) is 0.119. The molecule has 0 spiro atoms. The molecule has 0 aliphatic rings. The second-order valence-electron chi connectivity index (χ2n) is 4.57. The highest BCUT2D eigenvalue weighted by atomic mass is 16.5. The standard InChI is InChI=1S/C12H18N2O3/c1-12(2,8-15)7-14-10-9(11(16)17-3)5-4-6-13-10/h4-6,15H,7-8H2,1-3H3,(H,13,14). The number of esters is 1. The molecule has 94 valence electrons. The number of nitrogens with zero attached hydrogens (tertiary/aromatic N) is 1. The number of aliphatic hydroxyl groups excluding tert-OH is 1. The van der Waals surface area contributed by atoms with Gasteiger partial charge in [-0.25, -0.2) is 9.78 Å². The first-order valence-corrected chi connectivity index (χ1v) is 5.38. The number of carbonyl (C=O) groups excluding carboxylic acids is 1. The van der Waals surface area contributed by atoms with Crippen molar-refractivity contribution in [1.29, 1.82) is 0 Å². The van der Waals surface area contributed by atoms with Crippen LogP contribution in [0.4, 0.5) is 5.82 Å². The van der Waals surface area contributed by atoms with Crippen LogP contribution in [-0.2, 0) is 4.74 Å². The van der Waals surface area contributed by atoms with Gasteiger partial charge in [-0.05, 0) is 12.1 Å². The minimum absolute atomic E-state index is 0.0559. The van der Waals surface area contributed by atoms with Crippen LogP contribution in [0.5, 0.6) is 0 Å². The van der Waals surface area contributed by atoms with E-state index in [2.05, 4.69) is 15.0 Å². The van der Waals surface area contributed by atoms with Crippen LogP contribution in [0.1, 0.15) is 24.2 Å². The fourth-order valence-electron chi connectivity index (χ4n) is 1.20. The lowest BCUT2D eigenvalue weighted by Crippen LogP contribution is -2.27. The predicted octanol–water partition coefficient (Wildman–Crippen LogP) is 1.30. The van der Waals surface area contributed by atoms with Crippen LogP contribution >= 0.6 is 0 Å². The number of aliphatic hydroxyl groups is 1. The molecule has 2 N–H and O–H groups in total. The summed E-state index contributed by atoms with van der Waals surface area (Å²) < 4.78 is 4.67. The van der Waals surface area contributed by atoms with Crippen molar-refractivity contribution in [3.63, 3.8) is 0 Å². The van der Waals surface area contributed by atoms with Gasteiger partial charge in [0.1, 0.15) is 11.4 Å². The van der Waals surface area contributed by atoms with Gasteiger partial charge in [0.2, 0.25) is 0 Å². The van der Waals surface area contributed by atoms with Gasteiger partial charge in [-0.2, -0.15) is 0 Å². The van der Waals surface area contributed by atoms with E-state index in [-0.39, 0.29) is 12.0 Å². The summed E-state index contributed by atoms with van der Waals surface area (Å²) in [6.07, 6.45) is 1.60. The van der Waals surface area contributed by atoms with Gasteiger partial charge in [-0.3, -0.25) is 0 Å². The molecule has 0 saturated carbocycles. The largest absolute Gasteiger partial charge is 0.465 e. The molecule has 0 atom stereocenters.